The molecule has 0 bridgehead atoms. The van der Waals surface area contributed by atoms with Crippen molar-refractivity contribution in [3.8, 4) is 11.8 Å². The lowest BCUT2D eigenvalue weighted by Crippen LogP contribution is -2.15. The highest BCUT2D eigenvalue weighted by molar-refractivity contribution is 5.76. The zero-order valence-electron chi connectivity index (χ0n) is 11.2. The van der Waals surface area contributed by atoms with Crippen LogP contribution in [-0.2, 0) is 14.2 Å². The fraction of sp³-hybridized carbons (Fsp3) is 0.667. The van der Waals surface area contributed by atoms with Gasteiger partial charge in [-0.05, 0) is 12.8 Å². The van der Waals surface area contributed by atoms with Crippen molar-refractivity contribution in [3.05, 3.63) is 0 Å². The quantitative estimate of drug-likeness (QED) is 0.450. The Morgan fingerprint density at radius 1 is 0.895 bits per heavy atom. The molecule has 19 heavy (non-hydrogen) atoms. The topological polar surface area (TPSA) is 102 Å². The summed E-state index contributed by atoms with van der Waals surface area (Å²) in [5, 5.41) is 15.8. The predicted octanol–water partition coefficient (Wildman–Crippen LogP) is 1.07. The van der Waals surface area contributed by atoms with Gasteiger partial charge in [-0.15, -0.1) is 0 Å². The van der Waals surface area contributed by atoms with Crippen molar-refractivity contribution in [3.63, 3.8) is 0 Å². The van der Waals surface area contributed by atoms with Crippen molar-refractivity contribution in [1.29, 1.82) is 0 Å². The summed E-state index contributed by atoms with van der Waals surface area (Å²) in [6, 6.07) is 0. The van der Waals surface area contributed by atoms with Crippen molar-refractivity contribution < 1.29 is 34.0 Å². The third kappa shape index (κ3) is 18.8. The fourth-order valence-corrected chi connectivity index (χ4v) is 0.610. The van der Waals surface area contributed by atoms with Gasteiger partial charge in [-0.2, -0.15) is 0 Å². The second-order valence-corrected chi connectivity index (χ2v) is 2.97. The maximum atomic E-state index is 10.6. The van der Waals surface area contributed by atoms with Crippen LogP contribution in [0.3, 0.4) is 0 Å². The van der Waals surface area contributed by atoms with Crippen LogP contribution < -0.4 is 0 Å². The average Bonchev–Trinajstić information content (AvgIpc) is 2.41. The van der Waals surface area contributed by atoms with Crippen LogP contribution in [-0.4, -0.2) is 49.0 Å². The normalized spacial score (nSPS) is 8.21. The zero-order valence-corrected chi connectivity index (χ0v) is 11.2. The highest BCUT2D eigenvalue weighted by atomic mass is 16.8. The molecule has 0 atom stereocenters. The van der Waals surface area contributed by atoms with Gasteiger partial charge in [0.15, 0.2) is 0 Å². The van der Waals surface area contributed by atoms with Gasteiger partial charge >= 0.3 is 12.3 Å². The molecule has 0 heterocycles. The van der Waals surface area contributed by atoms with Gasteiger partial charge in [-0.1, -0.05) is 25.7 Å². The van der Waals surface area contributed by atoms with E-state index in [0.29, 0.717) is 12.8 Å². The number of aliphatic hydroxyl groups is 2. The lowest BCUT2D eigenvalue weighted by molar-refractivity contribution is 0.0367. The Morgan fingerprint density at radius 2 is 1.26 bits per heavy atom. The molecule has 0 rings (SSSR count). The van der Waals surface area contributed by atoms with Gasteiger partial charge in [0.25, 0.3) is 0 Å². The van der Waals surface area contributed by atoms with Gasteiger partial charge in [0.2, 0.25) is 0 Å². The number of rotatable bonds is 4. The number of hydrogen-bond acceptors (Lipinski definition) is 7. The second kappa shape index (κ2) is 16.2. The third-order valence-electron chi connectivity index (χ3n) is 1.30. The van der Waals surface area contributed by atoms with E-state index in [9.17, 15) is 9.59 Å². The molecular formula is C12H20O7. The third-order valence-corrected chi connectivity index (χ3v) is 1.30. The average molecular weight is 276 g/mol. The van der Waals surface area contributed by atoms with Crippen LogP contribution in [0.25, 0.3) is 0 Å². The van der Waals surface area contributed by atoms with Crippen LogP contribution in [0.5, 0.6) is 0 Å². The standard InChI is InChI=1S/C8H14O5.C4H6O2/c1-3-5-11-7(9)13-8(10)12-6-4-2;5-3-1-2-4-6/h3-6H2,1-2H3;5-6H,3-4H2. The fourth-order valence-electron chi connectivity index (χ4n) is 0.610. The van der Waals surface area contributed by atoms with Crippen molar-refractivity contribution in [2.24, 2.45) is 0 Å². The molecule has 0 fully saturated rings. The van der Waals surface area contributed by atoms with E-state index in [0.717, 1.165) is 0 Å². The molecule has 7 nitrogen and oxygen atoms in total. The molecule has 0 saturated carbocycles. The van der Waals surface area contributed by atoms with E-state index in [2.05, 4.69) is 26.1 Å². The molecule has 2 N–H and O–H groups in total. The molecule has 0 aliphatic rings. The molecule has 0 radical (unpaired) electrons. The number of ether oxygens (including phenoxy) is 3. The molecule has 0 aromatic heterocycles. The SMILES string of the molecule is CCCOC(=O)OC(=O)OCCC.OCC#CCO. The molecule has 110 valence electrons. The first-order valence-electron chi connectivity index (χ1n) is 5.81. The van der Waals surface area contributed by atoms with Crippen LogP contribution in [0.2, 0.25) is 0 Å². The minimum absolute atomic E-state index is 0.166. The number of carbonyl (C=O) groups is 2. The van der Waals surface area contributed by atoms with Crippen LogP contribution in [0, 0.1) is 11.8 Å². The first-order valence-corrected chi connectivity index (χ1v) is 5.81. The summed E-state index contributed by atoms with van der Waals surface area (Å²) in [6.45, 7) is 3.81. The maximum Gasteiger partial charge on any atom is 0.518 e. The molecule has 0 spiro atoms. The van der Waals surface area contributed by atoms with Gasteiger partial charge in [0, 0.05) is 0 Å². The zero-order chi connectivity index (χ0) is 14.9. The number of aliphatic hydroxyl groups excluding tert-OH is 2. The summed E-state index contributed by atoms with van der Waals surface area (Å²) in [5.41, 5.74) is 0. The summed E-state index contributed by atoms with van der Waals surface area (Å²) in [4.78, 5) is 21.3. The van der Waals surface area contributed by atoms with Crippen LogP contribution in [0.4, 0.5) is 9.59 Å². The van der Waals surface area contributed by atoms with E-state index in [1.807, 2.05) is 13.8 Å². The molecule has 7 heteroatoms. The van der Waals surface area contributed by atoms with Gasteiger partial charge < -0.3 is 24.4 Å². The van der Waals surface area contributed by atoms with Crippen molar-refractivity contribution >= 4 is 12.3 Å². The Bertz CT molecular complexity index is 264. The number of hydrogen-bond donors (Lipinski definition) is 2. The first-order chi connectivity index (χ1) is 9.12. The lowest BCUT2D eigenvalue weighted by Gasteiger charge is -2.03. The van der Waals surface area contributed by atoms with E-state index in [4.69, 9.17) is 10.2 Å². The van der Waals surface area contributed by atoms with E-state index in [-0.39, 0.29) is 26.4 Å². The summed E-state index contributed by atoms with van der Waals surface area (Å²) in [5.74, 6) is 4.51. The Balaban J connectivity index is 0. The molecule has 0 aliphatic heterocycles. The molecule has 0 saturated heterocycles. The van der Waals surface area contributed by atoms with E-state index in [1.54, 1.807) is 0 Å². The molecule has 0 aromatic rings. The molecule has 0 aliphatic carbocycles. The minimum Gasteiger partial charge on any atom is -0.434 e. The predicted molar refractivity (Wildman–Crippen MR) is 66.3 cm³/mol. The smallest absolute Gasteiger partial charge is 0.434 e. The van der Waals surface area contributed by atoms with E-state index < -0.39 is 12.3 Å². The number of carbonyl (C=O) groups excluding carboxylic acids is 2. The van der Waals surface area contributed by atoms with Crippen LogP contribution in [0.15, 0.2) is 0 Å². The first kappa shape index (κ1) is 19.6. The van der Waals surface area contributed by atoms with Crippen LogP contribution >= 0.6 is 0 Å². The van der Waals surface area contributed by atoms with Crippen molar-refractivity contribution in [2.45, 2.75) is 26.7 Å². The molecule has 0 aromatic carbocycles. The summed E-state index contributed by atoms with van der Waals surface area (Å²) in [6.07, 6.45) is -0.663. The Hall–Kier alpha value is -1.78. The van der Waals surface area contributed by atoms with Crippen LogP contribution in [0.1, 0.15) is 26.7 Å². The Labute approximate surface area is 112 Å². The van der Waals surface area contributed by atoms with E-state index >= 15 is 0 Å². The largest absolute Gasteiger partial charge is 0.518 e. The summed E-state index contributed by atoms with van der Waals surface area (Å²) in [7, 11) is 0. The van der Waals surface area contributed by atoms with E-state index in [1.165, 1.54) is 0 Å². The molecule has 0 amide bonds. The van der Waals surface area contributed by atoms with Gasteiger partial charge in [-0.3, -0.25) is 0 Å². The highest BCUT2D eigenvalue weighted by Gasteiger charge is 2.11. The monoisotopic (exact) mass is 276 g/mol. The lowest BCUT2D eigenvalue weighted by atomic mass is 10.5. The Morgan fingerprint density at radius 3 is 1.53 bits per heavy atom. The molecule has 0 unspecified atom stereocenters. The van der Waals surface area contributed by atoms with Crippen molar-refractivity contribution in [2.75, 3.05) is 26.4 Å². The van der Waals surface area contributed by atoms with Gasteiger partial charge in [0.1, 0.15) is 13.2 Å². The maximum absolute atomic E-state index is 10.6. The highest BCUT2D eigenvalue weighted by Crippen LogP contribution is 1.92. The molecular weight excluding hydrogens is 256 g/mol. The van der Waals surface area contributed by atoms with Gasteiger partial charge in [0.05, 0.1) is 13.2 Å². The Kier molecular flexibility index (Phi) is 16.7. The second-order valence-electron chi connectivity index (χ2n) is 2.97. The summed E-state index contributed by atoms with van der Waals surface area (Å²) >= 11 is 0. The minimum atomic E-state index is -1.01. The van der Waals surface area contributed by atoms with Gasteiger partial charge in [-0.25, -0.2) is 9.59 Å². The van der Waals surface area contributed by atoms with Crippen molar-refractivity contribution in [1.82, 2.24) is 0 Å². The summed E-state index contributed by atoms with van der Waals surface area (Å²) < 4.78 is 13.1.